The van der Waals surface area contributed by atoms with Crippen LogP contribution in [0.25, 0.3) is 0 Å². The van der Waals surface area contributed by atoms with Crippen LogP contribution in [0.2, 0.25) is 0 Å². The van der Waals surface area contributed by atoms with Gasteiger partial charge < -0.3 is 5.32 Å². The predicted molar refractivity (Wildman–Crippen MR) is 43.9 cm³/mol. The molecule has 1 rings (SSSR count). The summed E-state index contributed by atoms with van der Waals surface area (Å²) in [6.07, 6.45) is 1.68. The summed E-state index contributed by atoms with van der Waals surface area (Å²) in [5, 5.41) is 2.85. The molecule has 11 heavy (non-hydrogen) atoms. The molecule has 0 aliphatic heterocycles. The molecule has 57 valence electrons. The average molecular weight is 150 g/mol. The first-order chi connectivity index (χ1) is 5.34. The summed E-state index contributed by atoms with van der Waals surface area (Å²) >= 11 is 0. The minimum atomic E-state index is -0.283. The van der Waals surface area contributed by atoms with Crippen molar-refractivity contribution in [1.29, 1.82) is 0 Å². The molecule has 0 saturated carbocycles. The van der Waals surface area contributed by atoms with E-state index in [4.69, 9.17) is 0 Å². The fraction of sp³-hybridized carbons (Fsp3) is 0.111. The molecule has 1 aromatic rings. The Morgan fingerprint density at radius 2 is 2.55 bits per heavy atom. The van der Waals surface area contributed by atoms with Crippen molar-refractivity contribution in [1.82, 2.24) is 0 Å². The lowest BCUT2D eigenvalue weighted by Crippen LogP contribution is -1.99. The zero-order valence-corrected chi connectivity index (χ0v) is 6.10. The van der Waals surface area contributed by atoms with Crippen molar-refractivity contribution in [2.24, 2.45) is 0 Å². The van der Waals surface area contributed by atoms with Crippen LogP contribution in [0, 0.1) is 11.9 Å². The van der Waals surface area contributed by atoms with Gasteiger partial charge in [0.05, 0.1) is 5.69 Å². The second-order valence-corrected chi connectivity index (χ2v) is 2.08. The molecule has 2 heteroatoms. The maximum Gasteiger partial charge on any atom is 0.146 e. The highest BCUT2D eigenvalue weighted by molar-refractivity contribution is 5.44. The summed E-state index contributed by atoms with van der Waals surface area (Å²) in [6.45, 7) is 4.08. The number of benzene rings is 1. The minimum absolute atomic E-state index is 0.283. The van der Waals surface area contributed by atoms with Crippen LogP contribution in [0.3, 0.4) is 0 Å². The van der Waals surface area contributed by atoms with E-state index >= 15 is 0 Å². The zero-order chi connectivity index (χ0) is 8.10. The van der Waals surface area contributed by atoms with Crippen LogP contribution in [0.1, 0.15) is 0 Å². The van der Waals surface area contributed by atoms with Crippen LogP contribution in [0.5, 0.6) is 0 Å². The summed E-state index contributed by atoms with van der Waals surface area (Å²) in [6, 6.07) is 7.23. The highest BCUT2D eigenvalue weighted by Gasteiger charge is 1.95. The zero-order valence-electron chi connectivity index (χ0n) is 6.10. The Kier molecular flexibility index (Phi) is 2.66. The smallest absolute Gasteiger partial charge is 0.146 e. The molecule has 1 N–H and O–H groups in total. The number of hydrogen-bond donors (Lipinski definition) is 1. The van der Waals surface area contributed by atoms with Gasteiger partial charge in [0.25, 0.3) is 0 Å². The highest BCUT2D eigenvalue weighted by atomic mass is 19.1. The minimum Gasteiger partial charge on any atom is -0.379 e. The number of nitrogens with one attached hydrogen (secondary N) is 1. The second kappa shape index (κ2) is 3.76. The third kappa shape index (κ3) is 2.08. The van der Waals surface area contributed by atoms with Crippen LogP contribution < -0.4 is 5.32 Å². The van der Waals surface area contributed by atoms with E-state index in [2.05, 4.69) is 18.0 Å². The number of halogens is 1. The first-order valence-corrected chi connectivity index (χ1v) is 3.35. The van der Waals surface area contributed by atoms with Crippen LogP contribution in [-0.4, -0.2) is 6.54 Å². The first-order valence-electron chi connectivity index (χ1n) is 3.35. The quantitative estimate of drug-likeness (QED) is 0.651. The molecule has 0 aliphatic rings. The summed E-state index contributed by atoms with van der Waals surface area (Å²) in [4.78, 5) is 0. The number of hydrogen-bond acceptors (Lipinski definition) is 1. The Balaban J connectivity index is 2.69. The Bertz CT molecular complexity index is 245. The molecule has 0 fully saturated rings. The van der Waals surface area contributed by atoms with Crippen molar-refractivity contribution in [2.75, 3.05) is 11.9 Å². The van der Waals surface area contributed by atoms with Gasteiger partial charge in [0.15, 0.2) is 0 Å². The van der Waals surface area contributed by atoms with Gasteiger partial charge in [-0.05, 0) is 18.2 Å². The third-order valence-corrected chi connectivity index (χ3v) is 1.25. The van der Waals surface area contributed by atoms with Crippen molar-refractivity contribution < 1.29 is 4.39 Å². The molecule has 0 saturated heterocycles. The molecule has 0 bridgehead atoms. The van der Waals surface area contributed by atoms with Gasteiger partial charge in [-0.2, -0.15) is 0 Å². The van der Waals surface area contributed by atoms with E-state index in [1.807, 2.05) is 0 Å². The second-order valence-electron chi connectivity index (χ2n) is 2.08. The fourth-order valence-corrected chi connectivity index (χ4v) is 0.736. The number of rotatable bonds is 3. The Morgan fingerprint density at radius 3 is 3.18 bits per heavy atom. The van der Waals surface area contributed by atoms with Gasteiger partial charge >= 0.3 is 0 Å². The molecule has 0 aromatic heterocycles. The summed E-state index contributed by atoms with van der Waals surface area (Å²) in [7, 11) is 0. The molecule has 0 unspecified atom stereocenters. The Labute approximate surface area is 65.6 Å². The molecule has 1 aromatic carbocycles. The fourth-order valence-electron chi connectivity index (χ4n) is 0.736. The highest BCUT2D eigenvalue weighted by Crippen LogP contribution is 2.10. The van der Waals surface area contributed by atoms with Gasteiger partial charge in [0.2, 0.25) is 0 Å². The van der Waals surface area contributed by atoms with Crippen LogP contribution >= 0.6 is 0 Å². The lowest BCUT2D eigenvalue weighted by molar-refractivity contribution is 0.630. The summed E-state index contributed by atoms with van der Waals surface area (Å²) < 4.78 is 12.8. The van der Waals surface area contributed by atoms with Crippen LogP contribution in [-0.2, 0) is 0 Å². The lowest BCUT2D eigenvalue weighted by Gasteiger charge is -2.02. The van der Waals surface area contributed by atoms with Gasteiger partial charge in [-0.3, -0.25) is 0 Å². The van der Waals surface area contributed by atoms with Gasteiger partial charge in [0, 0.05) is 6.54 Å². The van der Waals surface area contributed by atoms with E-state index in [0.717, 1.165) is 0 Å². The van der Waals surface area contributed by atoms with Crippen molar-refractivity contribution in [3.8, 4) is 0 Å². The molecule has 0 spiro atoms. The maximum absolute atomic E-state index is 12.8. The standard InChI is InChI=1S/C9H9FN/c1-2-7-11-9-6-4-3-5-8(9)10/h2,4-6,11H,1,7H2. The van der Waals surface area contributed by atoms with Crippen molar-refractivity contribution >= 4 is 5.69 Å². The Morgan fingerprint density at radius 1 is 1.73 bits per heavy atom. The maximum atomic E-state index is 12.8. The van der Waals surface area contributed by atoms with Gasteiger partial charge in [-0.1, -0.05) is 12.1 Å². The Hall–Kier alpha value is -1.31. The van der Waals surface area contributed by atoms with Crippen LogP contribution in [0.15, 0.2) is 30.9 Å². The molecular formula is C9H9FN. The predicted octanol–water partition coefficient (Wildman–Crippen LogP) is 2.22. The van der Waals surface area contributed by atoms with E-state index in [-0.39, 0.29) is 5.82 Å². The molecular weight excluding hydrogens is 141 g/mol. The lowest BCUT2D eigenvalue weighted by atomic mass is 10.3. The van der Waals surface area contributed by atoms with Crippen molar-refractivity contribution in [2.45, 2.75) is 0 Å². The molecule has 1 nitrogen and oxygen atoms in total. The normalized spacial score (nSPS) is 9.18. The third-order valence-electron chi connectivity index (χ3n) is 1.25. The van der Waals surface area contributed by atoms with Gasteiger partial charge in [0.1, 0.15) is 5.82 Å². The number of anilines is 1. The van der Waals surface area contributed by atoms with E-state index < -0.39 is 0 Å². The molecule has 0 amide bonds. The largest absolute Gasteiger partial charge is 0.379 e. The van der Waals surface area contributed by atoms with Gasteiger partial charge in [-0.15, -0.1) is 6.58 Å². The van der Waals surface area contributed by atoms with E-state index in [0.29, 0.717) is 12.2 Å². The SMILES string of the molecule is C=CCNc1cc[c]cc1F. The molecule has 1 radical (unpaired) electrons. The monoisotopic (exact) mass is 150 g/mol. The van der Waals surface area contributed by atoms with Crippen molar-refractivity contribution in [3.05, 3.63) is 42.7 Å². The van der Waals surface area contributed by atoms with E-state index in [9.17, 15) is 4.39 Å². The average Bonchev–Trinajstić information content (AvgIpc) is 2.03. The summed E-state index contributed by atoms with van der Waals surface area (Å²) in [5.74, 6) is -0.283. The topological polar surface area (TPSA) is 12.0 Å². The van der Waals surface area contributed by atoms with E-state index in [1.165, 1.54) is 6.07 Å². The van der Waals surface area contributed by atoms with Crippen molar-refractivity contribution in [3.63, 3.8) is 0 Å². The van der Waals surface area contributed by atoms with E-state index in [1.54, 1.807) is 18.2 Å². The van der Waals surface area contributed by atoms with Gasteiger partial charge in [-0.25, -0.2) is 4.39 Å². The first kappa shape index (κ1) is 7.79. The van der Waals surface area contributed by atoms with Crippen LogP contribution in [0.4, 0.5) is 10.1 Å². The molecule has 0 aliphatic carbocycles. The summed E-state index contributed by atoms with van der Waals surface area (Å²) in [5.41, 5.74) is 0.489. The molecule has 0 heterocycles. The molecule has 0 atom stereocenters.